The van der Waals surface area contributed by atoms with Gasteiger partial charge < -0.3 is 10.2 Å². The van der Waals surface area contributed by atoms with Crippen LogP contribution in [0.15, 0.2) is 39.9 Å². The number of nitrogens with zero attached hydrogens (tertiary/aromatic N) is 1. The van der Waals surface area contributed by atoms with Crippen LogP contribution in [-0.2, 0) is 14.8 Å². The molecule has 1 aliphatic heterocycles. The van der Waals surface area contributed by atoms with Gasteiger partial charge in [0, 0.05) is 15.7 Å². The molecule has 1 atom stereocenters. The SMILES string of the molecule is CC(C(=O)Nc1cc(Cl)cc(Cl)c1)[NH+]1CCN(S(=O)(=O)c2cccs2)CC1. The third-order valence-corrected chi connectivity index (χ3v) is 8.30. The van der Waals surface area contributed by atoms with Crippen molar-refractivity contribution < 1.29 is 18.1 Å². The number of sulfonamides is 1. The fraction of sp³-hybridized carbons (Fsp3) is 0.353. The minimum absolute atomic E-state index is 0.155. The summed E-state index contributed by atoms with van der Waals surface area (Å²) in [6.45, 7) is 3.73. The fourth-order valence-corrected chi connectivity index (χ4v) is 6.16. The smallest absolute Gasteiger partial charge is 0.282 e. The van der Waals surface area contributed by atoms with Crippen LogP contribution in [0.2, 0.25) is 10.0 Å². The number of amides is 1. The van der Waals surface area contributed by atoms with Gasteiger partial charge >= 0.3 is 0 Å². The first kappa shape index (κ1) is 20.6. The largest absolute Gasteiger partial charge is 0.323 e. The molecular weight excluding hydrogens is 429 g/mol. The lowest BCUT2D eigenvalue weighted by molar-refractivity contribution is -0.917. The van der Waals surface area contributed by atoms with E-state index in [1.807, 2.05) is 6.92 Å². The van der Waals surface area contributed by atoms with Gasteiger partial charge in [0.1, 0.15) is 4.21 Å². The molecule has 3 rings (SSSR count). The van der Waals surface area contributed by atoms with Crippen LogP contribution in [0.4, 0.5) is 5.69 Å². The maximum atomic E-state index is 12.6. The second-order valence-corrected chi connectivity index (χ2v) is 10.3. The molecule has 2 aromatic rings. The monoisotopic (exact) mass is 448 g/mol. The van der Waals surface area contributed by atoms with E-state index in [1.54, 1.807) is 35.7 Å². The molecule has 1 amide bonds. The van der Waals surface area contributed by atoms with Gasteiger partial charge in [-0.15, -0.1) is 11.3 Å². The Balaban J connectivity index is 1.59. The molecule has 0 radical (unpaired) electrons. The molecule has 1 aromatic heterocycles. The van der Waals surface area contributed by atoms with Crippen molar-refractivity contribution in [3.05, 3.63) is 45.8 Å². The Bertz CT molecular complexity index is 891. The van der Waals surface area contributed by atoms with Crippen molar-refractivity contribution in [2.75, 3.05) is 31.5 Å². The third-order valence-electron chi connectivity index (χ3n) is 4.59. The highest BCUT2D eigenvalue weighted by molar-refractivity contribution is 7.91. The topological polar surface area (TPSA) is 70.9 Å². The van der Waals surface area contributed by atoms with E-state index in [2.05, 4.69) is 5.32 Å². The number of benzene rings is 1. The number of quaternary nitrogens is 1. The second-order valence-electron chi connectivity index (χ2n) is 6.36. The van der Waals surface area contributed by atoms with Crippen molar-refractivity contribution in [3.8, 4) is 0 Å². The van der Waals surface area contributed by atoms with Crippen molar-refractivity contribution >= 4 is 56.2 Å². The van der Waals surface area contributed by atoms with E-state index in [-0.39, 0.29) is 11.9 Å². The normalized spacial score (nSPS) is 17.6. The van der Waals surface area contributed by atoms with Gasteiger partial charge in [0.15, 0.2) is 6.04 Å². The highest BCUT2D eigenvalue weighted by atomic mass is 35.5. The minimum Gasteiger partial charge on any atom is -0.323 e. The number of rotatable bonds is 5. The van der Waals surface area contributed by atoms with E-state index in [0.29, 0.717) is 46.1 Å². The van der Waals surface area contributed by atoms with Crippen LogP contribution in [0.3, 0.4) is 0 Å². The van der Waals surface area contributed by atoms with Crippen LogP contribution in [0.5, 0.6) is 0 Å². The van der Waals surface area contributed by atoms with Crippen LogP contribution in [0.1, 0.15) is 6.92 Å². The lowest BCUT2D eigenvalue weighted by atomic mass is 10.2. The summed E-state index contributed by atoms with van der Waals surface area (Å²) in [6, 6.07) is 7.90. The Labute approximate surface area is 172 Å². The summed E-state index contributed by atoms with van der Waals surface area (Å²) in [5.41, 5.74) is 0.544. The Morgan fingerprint density at radius 1 is 1.22 bits per heavy atom. The number of piperazine rings is 1. The molecule has 0 aliphatic carbocycles. The standard InChI is InChI=1S/C17H19Cl2N3O3S2/c1-12(17(23)20-15-10-13(18)9-14(19)11-15)21-4-6-22(7-5-21)27(24,25)16-3-2-8-26-16/h2-3,8-12H,4-7H2,1H3,(H,20,23)/p+1. The van der Waals surface area contributed by atoms with Crippen LogP contribution < -0.4 is 10.2 Å². The second kappa shape index (κ2) is 8.46. The molecule has 27 heavy (non-hydrogen) atoms. The van der Waals surface area contributed by atoms with E-state index < -0.39 is 10.0 Å². The number of thiophene rings is 1. The van der Waals surface area contributed by atoms with Gasteiger partial charge in [0.05, 0.1) is 26.2 Å². The zero-order chi connectivity index (χ0) is 19.6. The van der Waals surface area contributed by atoms with Crippen molar-refractivity contribution in [2.45, 2.75) is 17.2 Å². The quantitative estimate of drug-likeness (QED) is 0.734. The number of nitrogens with one attached hydrogen (secondary N) is 2. The molecule has 1 fully saturated rings. The van der Waals surface area contributed by atoms with Crippen molar-refractivity contribution in [2.24, 2.45) is 0 Å². The molecule has 0 saturated carbocycles. The molecule has 1 unspecified atom stereocenters. The lowest BCUT2D eigenvalue weighted by Gasteiger charge is -2.33. The predicted molar refractivity (Wildman–Crippen MR) is 108 cm³/mol. The van der Waals surface area contributed by atoms with Crippen LogP contribution in [0, 0.1) is 0 Å². The molecule has 1 aromatic carbocycles. The summed E-state index contributed by atoms with van der Waals surface area (Å²) in [5, 5.41) is 5.48. The summed E-state index contributed by atoms with van der Waals surface area (Å²) < 4.78 is 27.0. The molecule has 0 spiro atoms. The zero-order valence-electron chi connectivity index (χ0n) is 14.6. The molecule has 2 N–H and O–H groups in total. The van der Waals surface area contributed by atoms with E-state index in [1.165, 1.54) is 15.6 Å². The van der Waals surface area contributed by atoms with E-state index >= 15 is 0 Å². The molecule has 6 nitrogen and oxygen atoms in total. The predicted octanol–water partition coefficient (Wildman–Crippen LogP) is 1.97. The van der Waals surface area contributed by atoms with Gasteiger partial charge in [-0.1, -0.05) is 29.3 Å². The number of carbonyl (C=O) groups is 1. The molecule has 10 heteroatoms. The number of hydrogen-bond acceptors (Lipinski definition) is 4. The highest BCUT2D eigenvalue weighted by Gasteiger charge is 2.34. The van der Waals surface area contributed by atoms with E-state index in [9.17, 15) is 13.2 Å². The minimum atomic E-state index is -3.44. The van der Waals surface area contributed by atoms with Crippen molar-refractivity contribution in [1.82, 2.24) is 4.31 Å². The third kappa shape index (κ3) is 4.82. The maximum Gasteiger partial charge on any atom is 0.282 e. The molecule has 2 heterocycles. The summed E-state index contributed by atoms with van der Waals surface area (Å²) in [6.07, 6.45) is 0. The van der Waals surface area contributed by atoms with Gasteiger partial charge in [0.25, 0.3) is 15.9 Å². The Morgan fingerprint density at radius 2 is 1.85 bits per heavy atom. The average molecular weight is 449 g/mol. The summed E-state index contributed by atoms with van der Waals surface area (Å²) in [5.74, 6) is -0.155. The molecule has 1 aliphatic rings. The first-order valence-corrected chi connectivity index (χ1v) is 11.5. The summed E-state index contributed by atoms with van der Waals surface area (Å²) in [7, 11) is -3.44. The highest BCUT2D eigenvalue weighted by Crippen LogP contribution is 2.23. The number of halogens is 2. The van der Waals surface area contributed by atoms with Gasteiger partial charge in [-0.2, -0.15) is 4.31 Å². The van der Waals surface area contributed by atoms with E-state index in [4.69, 9.17) is 23.2 Å². The Hall–Kier alpha value is -1.16. The van der Waals surface area contributed by atoms with Crippen LogP contribution in [-0.4, -0.2) is 50.9 Å². The average Bonchev–Trinajstić information content (AvgIpc) is 3.16. The fourth-order valence-electron chi connectivity index (χ4n) is 3.05. The molecular formula is C17H20Cl2N3O3S2+. The Morgan fingerprint density at radius 3 is 2.41 bits per heavy atom. The Kier molecular flexibility index (Phi) is 6.45. The summed E-state index contributed by atoms with van der Waals surface area (Å²) >= 11 is 13.1. The summed E-state index contributed by atoms with van der Waals surface area (Å²) in [4.78, 5) is 13.6. The van der Waals surface area contributed by atoms with Gasteiger partial charge in [-0.3, -0.25) is 4.79 Å². The van der Waals surface area contributed by atoms with Gasteiger partial charge in [-0.05, 0) is 36.6 Å². The molecule has 146 valence electrons. The van der Waals surface area contributed by atoms with Gasteiger partial charge in [-0.25, -0.2) is 8.42 Å². The molecule has 0 bridgehead atoms. The number of hydrogen-bond donors (Lipinski definition) is 2. The number of anilines is 1. The maximum absolute atomic E-state index is 12.6. The lowest BCUT2D eigenvalue weighted by Crippen LogP contribution is -3.19. The van der Waals surface area contributed by atoms with E-state index in [0.717, 1.165) is 4.90 Å². The molecule has 1 saturated heterocycles. The van der Waals surface area contributed by atoms with Crippen LogP contribution >= 0.6 is 34.5 Å². The van der Waals surface area contributed by atoms with Crippen LogP contribution in [0.25, 0.3) is 0 Å². The number of carbonyl (C=O) groups excluding carboxylic acids is 1. The van der Waals surface area contributed by atoms with Gasteiger partial charge in [0.2, 0.25) is 0 Å². The first-order chi connectivity index (χ1) is 12.8. The first-order valence-electron chi connectivity index (χ1n) is 8.42. The van der Waals surface area contributed by atoms with Crippen molar-refractivity contribution in [3.63, 3.8) is 0 Å². The zero-order valence-corrected chi connectivity index (χ0v) is 17.8. The van der Waals surface area contributed by atoms with Crippen molar-refractivity contribution in [1.29, 1.82) is 0 Å².